The van der Waals surface area contributed by atoms with Crippen LogP contribution in [0.4, 0.5) is 0 Å². The molecule has 2 unspecified atom stereocenters. The Labute approximate surface area is 142 Å². The molecule has 2 atom stereocenters. The lowest BCUT2D eigenvalue weighted by molar-refractivity contribution is 0.261. The van der Waals surface area contributed by atoms with Crippen molar-refractivity contribution in [3.8, 4) is 0 Å². The van der Waals surface area contributed by atoms with Gasteiger partial charge in [0, 0.05) is 13.0 Å². The smallest absolute Gasteiger partial charge is 0.174 e. The molecule has 0 amide bonds. The average Bonchev–Trinajstić information content (AvgIpc) is 3.11. The van der Waals surface area contributed by atoms with E-state index in [2.05, 4.69) is 70.1 Å². The van der Waals surface area contributed by atoms with E-state index in [0.29, 0.717) is 5.92 Å². The van der Waals surface area contributed by atoms with Crippen LogP contribution in [0.3, 0.4) is 0 Å². The van der Waals surface area contributed by atoms with Crippen LogP contribution in [0.25, 0.3) is 10.8 Å². The third-order valence-electron chi connectivity index (χ3n) is 4.93. The molecule has 0 radical (unpaired) electrons. The summed E-state index contributed by atoms with van der Waals surface area (Å²) in [6, 6.07) is 15.3. The van der Waals surface area contributed by atoms with Gasteiger partial charge in [-0.1, -0.05) is 43.3 Å². The van der Waals surface area contributed by atoms with Gasteiger partial charge in [0.25, 0.3) is 0 Å². The Kier molecular flexibility index (Phi) is 4.26. The Balaban J connectivity index is 1.77. The molecule has 1 saturated heterocycles. The molecule has 1 aliphatic heterocycles. The van der Waals surface area contributed by atoms with Crippen molar-refractivity contribution in [3.05, 3.63) is 53.9 Å². The molecule has 4 rings (SSSR count). The van der Waals surface area contributed by atoms with Gasteiger partial charge < -0.3 is 5.32 Å². The van der Waals surface area contributed by atoms with Gasteiger partial charge in [0.05, 0.1) is 0 Å². The number of aryl methyl sites for hydroxylation is 1. The van der Waals surface area contributed by atoms with Crippen molar-refractivity contribution in [2.45, 2.75) is 32.2 Å². The molecule has 2 aromatic carbocycles. The lowest BCUT2D eigenvalue weighted by Crippen LogP contribution is -2.36. The maximum Gasteiger partial charge on any atom is 0.174 e. The van der Waals surface area contributed by atoms with Crippen LogP contribution in [0.15, 0.2) is 42.5 Å². The molecule has 1 N–H and O–H groups in total. The van der Waals surface area contributed by atoms with Crippen LogP contribution in [-0.4, -0.2) is 33.3 Å². The lowest BCUT2D eigenvalue weighted by atomic mass is 9.87. The average molecular weight is 321 g/mol. The summed E-state index contributed by atoms with van der Waals surface area (Å²) in [6.07, 6.45) is 3.20. The van der Waals surface area contributed by atoms with Crippen molar-refractivity contribution >= 4 is 10.8 Å². The Hall–Kier alpha value is -2.27. The molecule has 2 heterocycles. The number of rotatable bonds is 4. The second-order valence-electron chi connectivity index (χ2n) is 6.54. The highest BCUT2D eigenvalue weighted by molar-refractivity contribution is 5.83. The van der Waals surface area contributed by atoms with Crippen LogP contribution in [0.2, 0.25) is 0 Å². The summed E-state index contributed by atoms with van der Waals surface area (Å²) in [5, 5.41) is 19.2. The number of hydrogen-bond donors (Lipinski definition) is 1. The summed E-state index contributed by atoms with van der Waals surface area (Å²) in [7, 11) is 0. The SMILES string of the molecule is CCc1nnn(C(c2ccc3ccccc3c2)C2CCCNC2)n1. The summed E-state index contributed by atoms with van der Waals surface area (Å²) < 4.78 is 0. The van der Waals surface area contributed by atoms with Crippen molar-refractivity contribution in [1.29, 1.82) is 0 Å². The predicted molar refractivity (Wildman–Crippen MR) is 94.9 cm³/mol. The zero-order valence-electron chi connectivity index (χ0n) is 14.0. The van der Waals surface area contributed by atoms with Crippen LogP contribution >= 0.6 is 0 Å². The zero-order chi connectivity index (χ0) is 16.4. The zero-order valence-corrected chi connectivity index (χ0v) is 14.0. The van der Waals surface area contributed by atoms with Crippen LogP contribution in [0.1, 0.15) is 37.2 Å². The number of fused-ring (bicyclic) bond motifs is 1. The monoisotopic (exact) mass is 321 g/mol. The van der Waals surface area contributed by atoms with Crippen molar-refractivity contribution in [2.75, 3.05) is 13.1 Å². The molecule has 0 bridgehead atoms. The highest BCUT2D eigenvalue weighted by Gasteiger charge is 2.28. The van der Waals surface area contributed by atoms with Gasteiger partial charge >= 0.3 is 0 Å². The first-order valence-corrected chi connectivity index (χ1v) is 8.83. The maximum atomic E-state index is 4.63. The molecule has 5 heteroatoms. The van der Waals surface area contributed by atoms with Gasteiger partial charge in [-0.15, -0.1) is 10.2 Å². The molecule has 0 saturated carbocycles. The summed E-state index contributed by atoms with van der Waals surface area (Å²) in [5.74, 6) is 1.29. The van der Waals surface area contributed by atoms with Crippen molar-refractivity contribution < 1.29 is 0 Å². The van der Waals surface area contributed by atoms with Crippen LogP contribution in [-0.2, 0) is 6.42 Å². The molecule has 24 heavy (non-hydrogen) atoms. The fraction of sp³-hybridized carbons (Fsp3) is 0.421. The minimum absolute atomic E-state index is 0.134. The Morgan fingerprint density at radius 3 is 2.83 bits per heavy atom. The molecule has 0 spiro atoms. The van der Waals surface area contributed by atoms with Gasteiger partial charge in [-0.25, -0.2) is 0 Å². The lowest BCUT2D eigenvalue weighted by Gasteiger charge is -2.30. The maximum absolute atomic E-state index is 4.63. The molecule has 1 aromatic heterocycles. The fourth-order valence-corrected chi connectivity index (χ4v) is 3.65. The molecule has 0 aliphatic carbocycles. The van der Waals surface area contributed by atoms with Crippen LogP contribution in [0, 0.1) is 5.92 Å². The van der Waals surface area contributed by atoms with Gasteiger partial charge in [-0.2, -0.15) is 4.80 Å². The molecular weight excluding hydrogens is 298 g/mol. The largest absolute Gasteiger partial charge is 0.316 e. The standard InChI is InChI=1S/C19H23N5/c1-2-18-21-23-24(22-18)19(17-8-5-11-20-13-17)16-10-9-14-6-3-4-7-15(14)12-16/h3-4,6-7,9-10,12,17,19-20H,2,5,8,11,13H2,1H3. The van der Waals surface area contributed by atoms with E-state index < -0.39 is 0 Å². The number of aromatic nitrogens is 4. The first-order chi connectivity index (χ1) is 11.8. The quantitative estimate of drug-likeness (QED) is 0.802. The number of piperidine rings is 1. The molecule has 1 aliphatic rings. The minimum atomic E-state index is 0.134. The fourth-order valence-electron chi connectivity index (χ4n) is 3.65. The predicted octanol–water partition coefficient (Wildman–Crippen LogP) is 2.98. The molecule has 5 nitrogen and oxygen atoms in total. The second-order valence-corrected chi connectivity index (χ2v) is 6.54. The minimum Gasteiger partial charge on any atom is -0.316 e. The van der Waals surface area contributed by atoms with Gasteiger partial charge in [-0.3, -0.25) is 0 Å². The molecule has 124 valence electrons. The normalized spacial score (nSPS) is 19.5. The van der Waals surface area contributed by atoms with E-state index >= 15 is 0 Å². The van der Waals surface area contributed by atoms with E-state index in [9.17, 15) is 0 Å². The Bertz CT molecular complexity index is 819. The van der Waals surface area contributed by atoms with Gasteiger partial charge in [0.1, 0.15) is 6.04 Å². The van der Waals surface area contributed by atoms with Crippen molar-refractivity contribution in [2.24, 2.45) is 5.92 Å². The summed E-state index contributed by atoms with van der Waals surface area (Å²) in [4.78, 5) is 1.83. The van der Waals surface area contributed by atoms with E-state index in [1.807, 2.05) is 4.80 Å². The molecule has 3 aromatic rings. The van der Waals surface area contributed by atoms with Gasteiger partial charge in [0.15, 0.2) is 5.82 Å². The highest BCUT2D eigenvalue weighted by atomic mass is 15.6. The van der Waals surface area contributed by atoms with Crippen molar-refractivity contribution in [3.63, 3.8) is 0 Å². The first-order valence-electron chi connectivity index (χ1n) is 8.83. The number of nitrogens with one attached hydrogen (secondary N) is 1. The highest BCUT2D eigenvalue weighted by Crippen LogP contribution is 2.31. The number of nitrogens with zero attached hydrogens (tertiary/aromatic N) is 4. The van der Waals surface area contributed by atoms with E-state index in [-0.39, 0.29) is 6.04 Å². The number of benzene rings is 2. The molecular formula is C19H23N5. The first kappa shape index (κ1) is 15.3. The van der Waals surface area contributed by atoms with Gasteiger partial charge in [-0.05, 0) is 52.9 Å². The van der Waals surface area contributed by atoms with Gasteiger partial charge in [0.2, 0.25) is 0 Å². The number of hydrogen-bond acceptors (Lipinski definition) is 4. The van der Waals surface area contributed by atoms with Crippen LogP contribution < -0.4 is 5.32 Å². The van der Waals surface area contributed by atoms with Crippen LogP contribution in [0.5, 0.6) is 0 Å². The summed E-state index contributed by atoms with van der Waals surface area (Å²) >= 11 is 0. The molecule has 1 fully saturated rings. The second kappa shape index (κ2) is 6.69. The van der Waals surface area contributed by atoms with Crippen molar-refractivity contribution in [1.82, 2.24) is 25.5 Å². The van der Waals surface area contributed by atoms with E-state index in [0.717, 1.165) is 25.3 Å². The summed E-state index contributed by atoms with van der Waals surface area (Å²) in [5.41, 5.74) is 1.27. The third kappa shape index (κ3) is 2.91. The van der Waals surface area contributed by atoms with E-state index in [4.69, 9.17) is 0 Å². The van der Waals surface area contributed by atoms with E-state index in [1.165, 1.54) is 29.2 Å². The Morgan fingerprint density at radius 2 is 2.08 bits per heavy atom. The van der Waals surface area contributed by atoms with E-state index in [1.54, 1.807) is 0 Å². The topological polar surface area (TPSA) is 55.6 Å². The number of tetrazole rings is 1. The Morgan fingerprint density at radius 1 is 1.21 bits per heavy atom. The third-order valence-corrected chi connectivity index (χ3v) is 4.93. The summed E-state index contributed by atoms with van der Waals surface area (Å²) in [6.45, 7) is 4.17.